The van der Waals surface area contributed by atoms with E-state index in [1.807, 2.05) is 30.3 Å². The molecule has 0 saturated carbocycles. The van der Waals surface area contributed by atoms with Crippen molar-refractivity contribution in [2.24, 2.45) is 0 Å². The third-order valence-electron chi connectivity index (χ3n) is 5.36. The summed E-state index contributed by atoms with van der Waals surface area (Å²) in [6, 6.07) is 23.4. The van der Waals surface area contributed by atoms with Crippen LogP contribution in [0, 0.1) is 0 Å². The Balaban J connectivity index is 1.88. The number of hydrogen-bond donors (Lipinski definition) is 1. The topological polar surface area (TPSA) is 49.9 Å². The van der Waals surface area contributed by atoms with Crippen LogP contribution in [0.2, 0.25) is 0 Å². The van der Waals surface area contributed by atoms with Gasteiger partial charge in [-0.1, -0.05) is 54.6 Å². The lowest BCUT2D eigenvalue weighted by Crippen LogP contribution is -1.95. The van der Waals surface area contributed by atoms with Gasteiger partial charge in [0, 0.05) is 27.4 Å². The van der Waals surface area contributed by atoms with Gasteiger partial charge in [0.25, 0.3) is 0 Å². The fourth-order valence-electron chi connectivity index (χ4n) is 4.24. The number of hydrogen-bond acceptors (Lipinski definition) is 2. The fraction of sp³-hybridized carbons (Fsp3) is 0. The minimum atomic E-state index is -3.46. The molecule has 124 valence electrons. The SMILES string of the molecule is O=S1(=O)c2ccccc2-c2c1ccc1c2[nH]c2ccc3ccccc3c21. The van der Waals surface area contributed by atoms with Gasteiger partial charge >= 0.3 is 0 Å². The maximum Gasteiger partial charge on any atom is 0.207 e. The molecular formula is C22H13NO2S. The van der Waals surface area contributed by atoms with E-state index in [1.165, 1.54) is 10.8 Å². The summed E-state index contributed by atoms with van der Waals surface area (Å²) in [5.41, 5.74) is 3.48. The van der Waals surface area contributed by atoms with E-state index in [0.29, 0.717) is 9.79 Å². The van der Waals surface area contributed by atoms with Crippen LogP contribution in [0.15, 0.2) is 82.6 Å². The summed E-state index contributed by atoms with van der Waals surface area (Å²) in [4.78, 5) is 4.27. The molecule has 0 bridgehead atoms. The molecule has 0 spiro atoms. The van der Waals surface area contributed by atoms with Crippen molar-refractivity contribution in [3.05, 3.63) is 72.8 Å². The molecule has 6 rings (SSSR count). The first kappa shape index (κ1) is 14.1. The van der Waals surface area contributed by atoms with Gasteiger partial charge < -0.3 is 4.98 Å². The summed E-state index contributed by atoms with van der Waals surface area (Å²) in [5, 5.41) is 4.55. The van der Waals surface area contributed by atoms with Crippen molar-refractivity contribution in [3.63, 3.8) is 0 Å². The Labute approximate surface area is 149 Å². The summed E-state index contributed by atoms with van der Waals surface area (Å²) in [7, 11) is -3.46. The molecule has 2 heterocycles. The van der Waals surface area contributed by atoms with Crippen LogP contribution in [0.3, 0.4) is 0 Å². The molecule has 1 aromatic heterocycles. The molecule has 4 aromatic carbocycles. The Bertz CT molecular complexity index is 1490. The maximum absolute atomic E-state index is 12.9. The average Bonchev–Trinajstić information content (AvgIpc) is 3.16. The lowest BCUT2D eigenvalue weighted by Gasteiger charge is -2.02. The van der Waals surface area contributed by atoms with Gasteiger partial charge in [0.15, 0.2) is 0 Å². The minimum absolute atomic E-state index is 0.391. The minimum Gasteiger partial charge on any atom is -0.354 e. The van der Waals surface area contributed by atoms with Crippen LogP contribution in [0.25, 0.3) is 43.7 Å². The van der Waals surface area contributed by atoms with Gasteiger partial charge in [0.1, 0.15) is 0 Å². The first-order valence-electron chi connectivity index (χ1n) is 8.47. The first-order chi connectivity index (χ1) is 12.7. The molecule has 0 amide bonds. The van der Waals surface area contributed by atoms with Crippen LogP contribution in [0.4, 0.5) is 0 Å². The van der Waals surface area contributed by atoms with Crippen molar-refractivity contribution < 1.29 is 8.42 Å². The van der Waals surface area contributed by atoms with Gasteiger partial charge in [-0.05, 0) is 29.0 Å². The lowest BCUT2D eigenvalue weighted by atomic mass is 10.00. The highest BCUT2D eigenvalue weighted by Crippen LogP contribution is 2.48. The van der Waals surface area contributed by atoms with Crippen molar-refractivity contribution in [3.8, 4) is 11.1 Å². The molecule has 0 fully saturated rings. The summed E-state index contributed by atoms with van der Waals surface area (Å²) in [6.45, 7) is 0. The van der Waals surface area contributed by atoms with E-state index in [2.05, 4.69) is 29.2 Å². The number of H-pyrrole nitrogens is 1. The Morgan fingerprint density at radius 1 is 0.692 bits per heavy atom. The predicted octanol–water partition coefficient (Wildman–Crippen LogP) is 5.29. The van der Waals surface area contributed by atoms with Gasteiger partial charge in [-0.25, -0.2) is 8.42 Å². The zero-order chi connectivity index (χ0) is 17.5. The Morgan fingerprint density at radius 2 is 1.50 bits per heavy atom. The van der Waals surface area contributed by atoms with Crippen molar-refractivity contribution in [2.45, 2.75) is 9.79 Å². The summed E-state index contributed by atoms with van der Waals surface area (Å²) in [5.74, 6) is 0. The summed E-state index contributed by atoms with van der Waals surface area (Å²) >= 11 is 0. The standard InChI is InChI=1S/C22H13NO2S/c24-26(25)18-8-4-3-7-15(18)21-19(26)12-10-16-20-14-6-2-1-5-13(14)9-11-17(20)23-22(16)21/h1-12,23H. The molecule has 5 aromatic rings. The zero-order valence-corrected chi connectivity index (χ0v) is 14.5. The molecular weight excluding hydrogens is 342 g/mol. The highest BCUT2D eigenvalue weighted by atomic mass is 32.2. The summed E-state index contributed by atoms with van der Waals surface area (Å²) in [6.07, 6.45) is 0. The molecule has 0 unspecified atom stereocenters. The molecule has 0 radical (unpaired) electrons. The number of nitrogens with one attached hydrogen (secondary N) is 1. The average molecular weight is 355 g/mol. The summed E-state index contributed by atoms with van der Waals surface area (Å²) < 4.78 is 25.9. The number of aromatic nitrogens is 1. The van der Waals surface area contributed by atoms with Gasteiger partial charge in [-0.3, -0.25) is 0 Å². The van der Waals surface area contributed by atoms with Crippen LogP contribution in [0.1, 0.15) is 0 Å². The molecule has 0 aliphatic carbocycles. The number of benzene rings is 4. The van der Waals surface area contributed by atoms with Crippen LogP contribution < -0.4 is 0 Å². The first-order valence-corrected chi connectivity index (χ1v) is 9.95. The van der Waals surface area contributed by atoms with Crippen molar-refractivity contribution in [1.29, 1.82) is 0 Å². The largest absolute Gasteiger partial charge is 0.354 e. The smallest absolute Gasteiger partial charge is 0.207 e. The van der Waals surface area contributed by atoms with E-state index in [-0.39, 0.29) is 0 Å². The second-order valence-electron chi connectivity index (χ2n) is 6.70. The predicted molar refractivity (Wildman–Crippen MR) is 104 cm³/mol. The third kappa shape index (κ3) is 1.56. The van der Waals surface area contributed by atoms with Crippen molar-refractivity contribution in [1.82, 2.24) is 4.98 Å². The monoisotopic (exact) mass is 355 g/mol. The van der Waals surface area contributed by atoms with Crippen molar-refractivity contribution in [2.75, 3.05) is 0 Å². The van der Waals surface area contributed by atoms with E-state index in [9.17, 15) is 8.42 Å². The third-order valence-corrected chi connectivity index (χ3v) is 7.21. The Morgan fingerprint density at radius 3 is 2.42 bits per heavy atom. The van der Waals surface area contributed by atoms with E-state index in [1.54, 1.807) is 18.2 Å². The molecule has 0 atom stereocenters. The molecule has 1 N–H and O–H groups in total. The van der Waals surface area contributed by atoms with E-state index in [0.717, 1.165) is 32.9 Å². The molecule has 1 aliphatic rings. The normalized spacial score (nSPS) is 14.8. The second kappa shape index (κ2) is 4.54. The fourth-order valence-corrected chi connectivity index (χ4v) is 5.92. The zero-order valence-electron chi connectivity index (χ0n) is 13.7. The Kier molecular flexibility index (Phi) is 2.46. The number of rotatable bonds is 0. The van der Waals surface area contributed by atoms with Crippen LogP contribution >= 0.6 is 0 Å². The van der Waals surface area contributed by atoms with Crippen LogP contribution in [-0.4, -0.2) is 13.4 Å². The second-order valence-corrected chi connectivity index (χ2v) is 8.58. The highest BCUT2D eigenvalue weighted by Gasteiger charge is 2.34. The maximum atomic E-state index is 12.9. The molecule has 0 saturated heterocycles. The van der Waals surface area contributed by atoms with E-state index < -0.39 is 9.84 Å². The van der Waals surface area contributed by atoms with Crippen LogP contribution in [0.5, 0.6) is 0 Å². The quantitative estimate of drug-likeness (QED) is 0.403. The van der Waals surface area contributed by atoms with Gasteiger partial charge in [0.05, 0.1) is 15.3 Å². The van der Waals surface area contributed by atoms with Gasteiger partial charge in [0.2, 0.25) is 9.84 Å². The molecule has 26 heavy (non-hydrogen) atoms. The Hall–Kier alpha value is -3.11. The van der Waals surface area contributed by atoms with Crippen LogP contribution in [-0.2, 0) is 9.84 Å². The number of fused-ring (bicyclic) bond motifs is 9. The van der Waals surface area contributed by atoms with Gasteiger partial charge in [-0.2, -0.15) is 0 Å². The highest BCUT2D eigenvalue weighted by molar-refractivity contribution is 7.92. The molecule has 1 aliphatic heterocycles. The van der Waals surface area contributed by atoms with E-state index in [4.69, 9.17) is 0 Å². The lowest BCUT2D eigenvalue weighted by molar-refractivity contribution is 0.599. The number of sulfone groups is 1. The van der Waals surface area contributed by atoms with Gasteiger partial charge in [-0.15, -0.1) is 0 Å². The van der Waals surface area contributed by atoms with Crippen molar-refractivity contribution >= 4 is 42.4 Å². The number of aromatic amines is 1. The molecule has 3 nitrogen and oxygen atoms in total. The molecule has 4 heteroatoms. The van der Waals surface area contributed by atoms with E-state index >= 15 is 0 Å².